The summed E-state index contributed by atoms with van der Waals surface area (Å²) in [6, 6.07) is 13.7. The molecule has 0 atom stereocenters. The average molecular weight is 391 g/mol. The summed E-state index contributed by atoms with van der Waals surface area (Å²) in [5, 5.41) is 18.3. The minimum atomic E-state index is -0.0246. The fourth-order valence-corrected chi connectivity index (χ4v) is 2.76. The number of hydrogen-bond donors (Lipinski definition) is 4. The third-order valence-corrected chi connectivity index (χ3v) is 4.13. The van der Waals surface area contributed by atoms with Gasteiger partial charge in [0.15, 0.2) is 0 Å². The van der Waals surface area contributed by atoms with Crippen LogP contribution in [0.3, 0.4) is 0 Å². The second kappa shape index (κ2) is 8.98. The lowest BCUT2D eigenvalue weighted by molar-refractivity contribution is 0.311. The van der Waals surface area contributed by atoms with Gasteiger partial charge >= 0.3 is 0 Å². The van der Waals surface area contributed by atoms with E-state index in [2.05, 4.69) is 35.9 Å². The van der Waals surface area contributed by atoms with Gasteiger partial charge in [-0.05, 0) is 23.8 Å². The number of hydrogen-bond acceptors (Lipinski definition) is 9. The van der Waals surface area contributed by atoms with Crippen LogP contribution in [0.15, 0.2) is 64.2 Å². The van der Waals surface area contributed by atoms with E-state index in [1.54, 1.807) is 6.26 Å². The van der Waals surface area contributed by atoms with Crippen molar-refractivity contribution in [2.24, 2.45) is 4.99 Å². The summed E-state index contributed by atoms with van der Waals surface area (Å²) in [5.74, 6) is 2.56. The number of benzene rings is 1. The van der Waals surface area contributed by atoms with Crippen LogP contribution < -0.4 is 16.0 Å². The highest BCUT2D eigenvalue weighted by Gasteiger charge is 2.14. The zero-order valence-electron chi connectivity index (χ0n) is 15.7. The monoisotopic (exact) mass is 391 g/mol. The number of anilines is 3. The molecule has 1 aliphatic rings. The number of aliphatic hydroxyl groups is 1. The van der Waals surface area contributed by atoms with Gasteiger partial charge in [-0.25, -0.2) is 0 Å². The van der Waals surface area contributed by atoms with E-state index in [-0.39, 0.29) is 6.61 Å². The normalized spacial score (nSPS) is 13.0. The van der Waals surface area contributed by atoms with Crippen LogP contribution in [0.5, 0.6) is 0 Å². The number of aliphatic hydroxyl groups excluding tert-OH is 1. The van der Waals surface area contributed by atoms with Crippen LogP contribution in [-0.4, -0.2) is 45.6 Å². The first-order chi connectivity index (χ1) is 14.3. The number of aliphatic imine (C=N–C) groups is 1. The number of aromatic nitrogens is 3. The van der Waals surface area contributed by atoms with Crippen molar-refractivity contribution in [1.29, 1.82) is 0 Å². The van der Waals surface area contributed by atoms with E-state index < -0.39 is 0 Å². The molecule has 4 N–H and O–H groups in total. The lowest BCUT2D eigenvalue weighted by Crippen LogP contribution is -2.16. The van der Waals surface area contributed by atoms with Gasteiger partial charge in [0.2, 0.25) is 17.8 Å². The second-order valence-electron chi connectivity index (χ2n) is 6.27. The van der Waals surface area contributed by atoms with Gasteiger partial charge in [0, 0.05) is 18.7 Å². The van der Waals surface area contributed by atoms with Gasteiger partial charge in [-0.15, -0.1) is 0 Å². The molecule has 1 aliphatic heterocycles. The topological polar surface area (TPSA) is 120 Å². The average Bonchev–Trinajstić information content (AvgIpc) is 3.43. The van der Waals surface area contributed by atoms with E-state index in [0.717, 1.165) is 16.9 Å². The van der Waals surface area contributed by atoms with E-state index in [9.17, 15) is 0 Å². The quantitative estimate of drug-likeness (QED) is 0.462. The highest BCUT2D eigenvalue weighted by molar-refractivity contribution is 6.09. The maximum atomic E-state index is 9.07. The second-order valence-corrected chi connectivity index (χ2v) is 6.27. The molecular weight excluding hydrogens is 370 g/mol. The minimum absolute atomic E-state index is 0.0246. The molecular formula is C20H21N7O2. The number of amidine groups is 1. The summed E-state index contributed by atoms with van der Waals surface area (Å²) >= 11 is 0. The zero-order valence-corrected chi connectivity index (χ0v) is 15.7. The Morgan fingerprint density at radius 2 is 1.72 bits per heavy atom. The minimum Gasteiger partial charge on any atom is -0.465 e. The molecule has 0 aliphatic carbocycles. The van der Waals surface area contributed by atoms with Gasteiger partial charge < -0.3 is 25.5 Å². The van der Waals surface area contributed by atoms with Gasteiger partial charge in [-0.2, -0.15) is 15.0 Å². The van der Waals surface area contributed by atoms with Crippen LogP contribution in [0.2, 0.25) is 0 Å². The summed E-state index contributed by atoms with van der Waals surface area (Å²) in [6.45, 7) is 1.41. The van der Waals surface area contributed by atoms with E-state index >= 15 is 0 Å². The van der Waals surface area contributed by atoms with E-state index in [1.807, 2.05) is 48.5 Å². The number of nitrogens with one attached hydrogen (secondary N) is 3. The molecule has 0 fully saturated rings. The van der Waals surface area contributed by atoms with Crippen LogP contribution >= 0.6 is 0 Å². The van der Waals surface area contributed by atoms with Crippen molar-refractivity contribution < 1.29 is 9.52 Å². The molecule has 148 valence electrons. The Labute approximate surface area is 167 Å². The highest BCUT2D eigenvalue weighted by Crippen LogP contribution is 2.20. The molecule has 0 bridgehead atoms. The van der Waals surface area contributed by atoms with Gasteiger partial charge in [0.1, 0.15) is 11.6 Å². The van der Waals surface area contributed by atoms with Gasteiger partial charge in [0.05, 0.1) is 19.4 Å². The summed E-state index contributed by atoms with van der Waals surface area (Å²) in [6.07, 6.45) is 3.54. The Hall–Kier alpha value is -3.72. The maximum absolute atomic E-state index is 9.07. The van der Waals surface area contributed by atoms with Gasteiger partial charge in [-0.1, -0.05) is 30.3 Å². The molecule has 4 rings (SSSR count). The largest absolute Gasteiger partial charge is 0.465 e. The summed E-state index contributed by atoms with van der Waals surface area (Å²) in [5.41, 5.74) is 2.09. The third kappa shape index (κ3) is 4.96. The van der Waals surface area contributed by atoms with Crippen molar-refractivity contribution in [3.8, 4) is 0 Å². The zero-order chi connectivity index (χ0) is 19.9. The third-order valence-electron chi connectivity index (χ3n) is 4.13. The lowest BCUT2D eigenvalue weighted by atomic mass is 10.2. The molecule has 2 aromatic heterocycles. The predicted molar refractivity (Wildman–Crippen MR) is 112 cm³/mol. The molecule has 0 unspecified atom stereocenters. The first kappa shape index (κ1) is 18.6. The highest BCUT2D eigenvalue weighted by atomic mass is 16.3. The summed E-state index contributed by atoms with van der Waals surface area (Å²) < 4.78 is 5.42. The molecule has 1 aromatic carbocycles. The summed E-state index contributed by atoms with van der Waals surface area (Å²) in [4.78, 5) is 17.6. The Morgan fingerprint density at radius 3 is 2.48 bits per heavy atom. The molecule has 0 amide bonds. The fraction of sp³-hybridized carbons (Fsp3) is 0.200. The molecule has 9 heteroatoms. The fourth-order valence-electron chi connectivity index (χ4n) is 2.76. The van der Waals surface area contributed by atoms with Crippen molar-refractivity contribution in [2.45, 2.75) is 6.54 Å². The van der Waals surface area contributed by atoms with Crippen molar-refractivity contribution >= 4 is 29.3 Å². The predicted octanol–water partition coefficient (Wildman–Crippen LogP) is 2.39. The molecule has 3 heterocycles. The molecule has 0 spiro atoms. The lowest BCUT2D eigenvalue weighted by Gasteiger charge is -2.10. The Balaban J connectivity index is 1.49. The molecule has 3 aromatic rings. The van der Waals surface area contributed by atoms with Crippen molar-refractivity contribution in [1.82, 2.24) is 15.0 Å². The molecule has 0 radical (unpaired) electrons. The standard InChI is InChI=1S/C20H21N7O2/c28-9-8-21-18-25-19(23-12-14-5-2-1-3-6-14)27-20(26-18)24-17-11-15(13-22-17)16-7-4-10-29-16/h1-7,10-11,28H,8-9,12-13H2,(H3,21,22,23,24,25,26,27). The van der Waals surface area contributed by atoms with E-state index in [1.165, 1.54) is 0 Å². The van der Waals surface area contributed by atoms with Gasteiger partial charge in [-0.3, -0.25) is 4.99 Å². The van der Waals surface area contributed by atoms with Crippen LogP contribution in [-0.2, 0) is 6.54 Å². The number of rotatable bonds is 8. The first-order valence-electron chi connectivity index (χ1n) is 9.25. The van der Waals surface area contributed by atoms with Crippen molar-refractivity contribution in [2.75, 3.05) is 35.6 Å². The Morgan fingerprint density at radius 1 is 0.931 bits per heavy atom. The Bertz CT molecular complexity index is 1000. The smallest absolute Gasteiger partial charge is 0.234 e. The summed E-state index contributed by atoms with van der Waals surface area (Å²) in [7, 11) is 0. The van der Waals surface area contributed by atoms with Crippen molar-refractivity contribution in [3.05, 3.63) is 66.1 Å². The first-order valence-corrected chi connectivity index (χ1v) is 9.25. The molecule has 0 saturated heterocycles. The number of nitrogens with zero attached hydrogens (tertiary/aromatic N) is 4. The van der Waals surface area contributed by atoms with Crippen LogP contribution in [0.25, 0.3) is 5.57 Å². The SMILES string of the molecule is OCCNc1nc(NCc2ccccc2)nc(NC2=NCC(c3ccco3)=C2)n1. The van der Waals surface area contributed by atoms with E-state index in [0.29, 0.717) is 43.3 Å². The van der Waals surface area contributed by atoms with Crippen LogP contribution in [0.1, 0.15) is 11.3 Å². The van der Waals surface area contributed by atoms with Crippen LogP contribution in [0.4, 0.5) is 17.8 Å². The maximum Gasteiger partial charge on any atom is 0.234 e. The Kier molecular flexibility index (Phi) is 5.77. The number of furan rings is 1. The van der Waals surface area contributed by atoms with Crippen LogP contribution in [0, 0.1) is 0 Å². The molecule has 29 heavy (non-hydrogen) atoms. The van der Waals surface area contributed by atoms with Gasteiger partial charge in [0.25, 0.3) is 0 Å². The van der Waals surface area contributed by atoms with Crippen molar-refractivity contribution in [3.63, 3.8) is 0 Å². The molecule has 0 saturated carbocycles. The van der Waals surface area contributed by atoms with E-state index in [4.69, 9.17) is 9.52 Å². The molecule has 9 nitrogen and oxygen atoms in total.